The lowest BCUT2D eigenvalue weighted by atomic mass is 10.0. The van der Waals surface area contributed by atoms with Crippen LogP contribution in [0.15, 0.2) is 48.7 Å². The van der Waals surface area contributed by atoms with Crippen molar-refractivity contribution in [1.82, 2.24) is 4.98 Å². The third kappa shape index (κ3) is 5.86. The molecule has 0 amide bonds. The molecule has 1 atom stereocenters. The fraction of sp³-hybridized carbons (Fsp3) is 0.421. The van der Waals surface area contributed by atoms with Crippen molar-refractivity contribution in [3.05, 3.63) is 59.9 Å². The first-order chi connectivity index (χ1) is 10.8. The third-order valence-corrected chi connectivity index (χ3v) is 3.62. The van der Waals surface area contributed by atoms with Gasteiger partial charge in [0.1, 0.15) is 12.4 Å². The minimum atomic E-state index is -0.266. The first-order valence-corrected chi connectivity index (χ1v) is 8.07. The van der Waals surface area contributed by atoms with Gasteiger partial charge >= 0.3 is 0 Å². The van der Waals surface area contributed by atoms with E-state index in [-0.39, 0.29) is 6.10 Å². The second-order valence-electron chi connectivity index (χ2n) is 5.61. The van der Waals surface area contributed by atoms with E-state index in [1.807, 2.05) is 42.5 Å². The molecule has 1 aromatic carbocycles. The van der Waals surface area contributed by atoms with E-state index in [2.05, 4.69) is 11.9 Å². The summed E-state index contributed by atoms with van der Waals surface area (Å²) in [7, 11) is 0. The minimum absolute atomic E-state index is 0.266. The Bertz CT molecular complexity index is 542. The summed E-state index contributed by atoms with van der Waals surface area (Å²) < 4.78 is 5.77. The SMILES string of the molecule is CCCCCC(O)Cc1cccc(OCc2ccccn2)c1. The minimum Gasteiger partial charge on any atom is -0.487 e. The summed E-state index contributed by atoms with van der Waals surface area (Å²) in [5.74, 6) is 0.823. The number of aliphatic hydroxyl groups excluding tert-OH is 1. The number of pyridine rings is 1. The number of aliphatic hydroxyl groups is 1. The third-order valence-electron chi connectivity index (χ3n) is 3.62. The van der Waals surface area contributed by atoms with Crippen molar-refractivity contribution >= 4 is 0 Å². The van der Waals surface area contributed by atoms with Gasteiger partial charge in [-0.2, -0.15) is 0 Å². The molecule has 118 valence electrons. The molecule has 0 aliphatic rings. The second kappa shape index (κ2) is 9.21. The number of nitrogens with zero attached hydrogens (tertiary/aromatic N) is 1. The molecule has 0 fully saturated rings. The van der Waals surface area contributed by atoms with Crippen molar-refractivity contribution < 1.29 is 9.84 Å². The van der Waals surface area contributed by atoms with Gasteiger partial charge in [-0.25, -0.2) is 0 Å². The molecule has 1 unspecified atom stereocenters. The lowest BCUT2D eigenvalue weighted by Crippen LogP contribution is -2.10. The monoisotopic (exact) mass is 299 g/mol. The number of hydrogen-bond acceptors (Lipinski definition) is 3. The topological polar surface area (TPSA) is 42.4 Å². The van der Waals surface area contributed by atoms with E-state index in [0.29, 0.717) is 13.0 Å². The maximum atomic E-state index is 10.1. The Morgan fingerprint density at radius 1 is 1.14 bits per heavy atom. The Morgan fingerprint density at radius 3 is 2.82 bits per heavy atom. The predicted octanol–water partition coefficient (Wildman–Crippen LogP) is 4.14. The van der Waals surface area contributed by atoms with Crippen molar-refractivity contribution in [1.29, 1.82) is 0 Å². The molecule has 0 aliphatic carbocycles. The largest absolute Gasteiger partial charge is 0.487 e. The van der Waals surface area contributed by atoms with E-state index in [1.165, 1.54) is 12.8 Å². The van der Waals surface area contributed by atoms with E-state index in [4.69, 9.17) is 4.74 Å². The molecule has 0 saturated carbocycles. The van der Waals surface area contributed by atoms with Gasteiger partial charge in [0.2, 0.25) is 0 Å². The number of ether oxygens (including phenoxy) is 1. The normalized spacial score (nSPS) is 12.1. The molecule has 0 radical (unpaired) electrons. The van der Waals surface area contributed by atoms with E-state index in [0.717, 1.165) is 29.8 Å². The lowest BCUT2D eigenvalue weighted by molar-refractivity contribution is 0.161. The Balaban J connectivity index is 1.84. The van der Waals surface area contributed by atoms with Gasteiger partial charge < -0.3 is 9.84 Å². The highest BCUT2D eigenvalue weighted by molar-refractivity contribution is 5.29. The smallest absolute Gasteiger partial charge is 0.130 e. The Hall–Kier alpha value is -1.87. The van der Waals surface area contributed by atoms with Crippen LogP contribution in [0.25, 0.3) is 0 Å². The highest BCUT2D eigenvalue weighted by atomic mass is 16.5. The van der Waals surface area contributed by atoms with Crippen LogP contribution in [0.1, 0.15) is 43.9 Å². The first kappa shape index (κ1) is 16.5. The van der Waals surface area contributed by atoms with Crippen molar-refractivity contribution in [2.24, 2.45) is 0 Å². The van der Waals surface area contributed by atoms with Crippen LogP contribution in [-0.2, 0) is 13.0 Å². The zero-order chi connectivity index (χ0) is 15.6. The standard InChI is InChI=1S/C19H25NO2/c1-2-3-4-10-18(21)13-16-8-7-11-19(14-16)22-15-17-9-5-6-12-20-17/h5-9,11-12,14,18,21H,2-4,10,13,15H2,1H3. The molecular formula is C19H25NO2. The van der Waals surface area contributed by atoms with Gasteiger partial charge in [-0.15, -0.1) is 0 Å². The van der Waals surface area contributed by atoms with Crippen molar-refractivity contribution in [3.8, 4) is 5.75 Å². The molecule has 2 aromatic rings. The maximum Gasteiger partial charge on any atom is 0.130 e. The summed E-state index contributed by atoms with van der Waals surface area (Å²) in [6, 6.07) is 13.8. The molecule has 1 heterocycles. The van der Waals surface area contributed by atoms with Gasteiger partial charge in [0.05, 0.1) is 11.8 Å². The molecule has 3 heteroatoms. The molecule has 3 nitrogen and oxygen atoms in total. The molecule has 1 N–H and O–H groups in total. The molecule has 22 heavy (non-hydrogen) atoms. The molecule has 2 rings (SSSR count). The van der Waals surface area contributed by atoms with Crippen LogP contribution >= 0.6 is 0 Å². The van der Waals surface area contributed by atoms with Crippen molar-refractivity contribution in [2.45, 2.75) is 51.7 Å². The Labute approximate surface area is 133 Å². The summed E-state index contributed by atoms with van der Waals surface area (Å²) in [6.07, 6.45) is 6.51. The predicted molar refractivity (Wildman–Crippen MR) is 88.9 cm³/mol. The van der Waals surface area contributed by atoms with Crippen LogP contribution in [0.5, 0.6) is 5.75 Å². The van der Waals surface area contributed by atoms with Crippen LogP contribution < -0.4 is 4.74 Å². The van der Waals surface area contributed by atoms with Crippen LogP contribution in [0.3, 0.4) is 0 Å². The van der Waals surface area contributed by atoms with E-state index in [1.54, 1.807) is 6.20 Å². The van der Waals surface area contributed by atoms with Crippen LogP contribution in [-0.4, -0.2) is 16.2 Å². The number of aromatic nitrogens is 1. The second-order valence-corrected chi connectivity index (χ2v) is 5.61. The average Bonchev–Trinajstić information content (AvgIpc) is 2.54. The number of unbranched alkanes of at least 4 members (excludes halogenated alkanes) is 2. The van der Waals surface area contributed by atoms with Gasteiger partial charge in [-0.1, -0.05) is 44.4 Å². The zero-order valence-electron chi connectivity index (χ0n) is 13.2. The molecular weight excluding hydrogens is 274 g/mol. The van der Waals surface area contributed by atoms with Gasteiger partial charge in [-0.3, -0.25) is 4.98 Å². The molecule has 0 aliphatic heterocycles. The molecule has 0 saturated heterocycles. The lowest BCUT2D eigenvalue weighted by Gasteiger charge is -2.12. The quantitative estimate of drug-likeness (QED) is 0.707. The highest BCUT2D eigenvalue weighted by Gasteiger charge is 2.06. The molecule has 1 aromatic heterocycles. The maximum absolute atomic E-state index is 10.1. The van der Waals surface area contributed by atoms with Gasteiger partial charge in [0.15, 0.2) is 0 Å². The number of benzene rings is 1. The summed E-state index contributed by atoms with van der Waals surface area (Å²) in [6.45, 7) is 2.64. The average molecular weight is 299 g/mol. The number of hydrogen-bond donors (Lipinski definition) is 1. The van der Waals surface area contributed by atoms with Gasteiger partial charge in [0.25, 0.3) is 0 Å². The van der Waals surface area contributed by atoms with Crippen LogP contribution in [0, 0.1) is 0 Å². The summed E-state index contributed by atoms with van der Waals surface area (Å²) in [5.41, 5.74) is 2.02. The highest BCUT2D eigenvalue weighted by Crippen LogP contribution is 2.17. The zero-order valence-corrected chi connectivity index (χ0v) is 13.2. The molecule has 0 bridgehead atoms. The van der Waals surface area contributed by atoms with E-state index in [9.17, 15) is 5.11 Å². The molecule has 0 spiro atoms. The van der Waals surface area contributed by atoms with Gasteiger partial charge in [-0.05, 0) is 42.7 Å². The Kier molecular flexibility index (Phi) is 6.91. The number of rotatable bonds is 9. The summed E-state index contributed by atoms with van der Waals surface area (Å²) in [4.78, 5) is 4.24. The Morgan fingerprint density at radius 2 is 2.05 bits per heavy atom. The van der Waals surface area contributed by atoms with Crippen LogP contribution in [0.4, 0.5) is 0 Å². The van der Waals surface area contributed by atoms with Crippen molar-refractivity contribution in [2.75, 3.05) is 0 Å². The first-order valence-electron chi connectivity index (χ1n) is 8.07. The van der Waals surface area contributed by atoms with Gasteiger partial charge in [0, 0.05) is 6.20 Å². The van der Waals surface area contributed by atoms with E-state index >= 15 is 0 Å². The fourth-order valence-corrected chi connectivity index (χ4v) is 2.41. The fourth-order valence-electron chi connectivity index (χ4n) is 2.41. The summed E-state index contributed by atoms with van der Waals surface area (Å²) in [5, 5.41) is 10.1. The van der Waals surface area contributed by atoms with Crippen LogP contribution in [0.2, 0.25) is 0 Å². The summed E-state index contributed by atoms with van der Waals surface area (Å²) >= 11 is 0. The van der Waals surface area contributed by atoms with E-state index < -0.39 is 0 Å². The van der Waals surface area contributed by atoms with Crippen molar-refractivity contribution in [3.63, 3.8) is 0 Å².